The molecular formula is C48H84NO9P. The van der Waals surface area contributed by atoms with E-state index in [1.54, 1.807) is 30.6 Å². The summed E-state index contributed by atoms with van der Waals surface area (Å²) in [5.41, 5.74) is 0. The number of likely N-dealkylation sites (N-methyl/N-ethyl adjacent to an activating group) is 1. The van der Waals surface area contributed by atoms with Gasteiger partial charge in [-0.3, -0.25) is 9.36 Å². The lowest BCUT2D eigenvalue weighted by atomic mass is 10.0. The van der Waals surface area contributed by atoms with E-state index in [0.29, 0.717) is 36.7 Å². The van der Waals surface area contributed by atoms with Crippen molar-refractivity contribution in [3.05, 3.63) is 85.3 Å². The Morgan fingerprint density at radius 1 is 0.661 bits per heavy atom. The number of nitrogens with zero attached hydrogens (tertiary/aromatic N) is 1. The number of aliphatic hydroxyl groups excluding tert-OH is 2. The number of ether oxygens (including phenoxy) is 2. The van der Waals surface area contributed by atoms with Crippen LogP contribution in [0.25, 0.3) is 0 Å². The molecule has 0 fully saturated rings. The van der Waals surface area contributed by atoms with Crippen molar-refractivity contribution in [1.82, 2.24) is 0 Å². The van der Waals surface area contributed by atoms with Gasteiger partial charge < -0.3 is 38.1 Å². The molecular weight excluding hydrogens is 765 g/mol. The van der Waals surface area contributed by atoms with Crippen molar-refractivity contribution in [3.63, 3.8) is 0 Å². The summed E-state index contributed by atoms with van der Waals surface area (Å²) in [6.07, 6.45) is 46.3. The highest BCUT2D eigenvalue weighted by atomic mass is 31.2. The number of phosphoric ester groups is 1. The standard InChI is InChI=1S/C48H84NO9P/c1-6-8-10-11-12-13-14-15-16-17-18-19-20-23-28-34-41-55-47(44-58-59(53,54)57-42-40-49(3,4)5)43-56-48(52)39-33-25-22-21-24-30-36-46(51)38-32-27-26-31-37-45(50)35-29-9-7-2/h9,22,24-27,29-32,34,37-38,41,45-47,50-51H,6-8,10-21,23,28,33,35-36,39-40,42-44H2,1-5H3/b25-22-,27-26-,29-9-,30-24-,37-31+,38-32+,41-34+/t45-,46+,47-/m1/s1. The second kappa shape index (κ2) is 39.6. The van der Waals surface area contributed by atoms with E-state index >= 15 is 0 Å². The molecule has 0 aliphatic carbocycles. The topological polar surface area (TPSA) is 135 Å². The third kappa shape index (κ3) is 43.3. The van der Waals surface area contributed by atoms with Gasteiger partial charge in [0.05, 0.1) is 46.2 Å². The highest BCUT2D eigenvalue weighted by Crippen LogP contribution is 2.38. The quantitative estimate of drug-likeness (QED) is 0.0117. The number of unbranched alkanes of at least 4 members (excludes halogenated alkanes) is 14. The fourth-order valence-corrected chi connectivity index (χ4v) is 6.34. The van der Waals surface area contributed by atoms with Gasteiger partial charge in [0.25, 0.3) is 7.82 Å². The molecule has 0 bridgehead atoms. The fourth-order valence-electron chi connectivity index (χ4n) is 5.61. The predicted molar refractivity (Wildman–Crippen MR) is 243 cm³/mol. The summed E-state index contributed by atoms with van der Waals surface area (Å²) >= 11 is 0. The van der Waals surface area contributed by atoms with Gasteiger partial charge in [0.2, 0.25) is 0 Å². The van der Waals surface area contributed by atoms with E-state index in [1.165, 1.54) is 77.0 Å². The van der Waals surface area contributed by atoms with Crippen LogP contribution in [0.15, 0.2) is 85.3 Å². The first-order valence-corrected chi connectivity index (χ1v) is 24.0. The highest BCUT2D eigenvalue weighted by Gasteiger charge is 2.19. The molecule has 0 aliphatic rings. The molecule has 0 aromatic heterocycles. The minimum absolute atomic E-state index is 0.00581. The molecule has 10 nitrogen and oxygen atoms in total. The Bertz CT molecular complexity index is 1250. The zero-order valence-corrected chi connectivity index (χ0v) is 38.5. The van der Waals surface area contributed by atoms with Crippen LogP contribution >= 0.6 is 7.82 Å². The number of allylic oxidation sites excluding steroid dienone is 9. The van der Waals surface area contributed by atoms with Crippen LogP contribution in [0, 0.1) is 0 Å². The molecule has 0 saturated carbocycles. The molecule has 0 aromatic rings. The van der Waals surface area contributed by atoms with E-state index in [4.69, 9.17) is 18.5 Å². The molecule has 2 N–H and O–H groups in total. The maximum absolute atomic E-state index is 12.5. The molecule has 4 atom stereocenters. The van der Waals surface area contributed by atoms with E-state index < -0.39 is 32.1 Å². The van der Waals surface area contributed by atoms with Gasteiger partial charge in [0, 0.05) is 6.42 Å². The molecule has 0 radical (unpaired) electrons. The van der Waals surface area contributed by atoms with Gasteiger partial charge in [-0.25, -0.2) is 0 Å². The minimum atomic E-state index is -4.56. The second-order valence-corrected chi connectivity index (χ2v) is 17.6. The number of carbonyl (C=O) groups excluding carboxylic acids is 1. The predicted octanol–water partition coefficient (Wildman–Crippen LogP) is 10.9. The van der Waals surface area contributed by atoms with Gasteiger partial charge in [0.1, 0.15) is 19.8 Å². The van der Waals surface area contributed by atoms with Crippen molar-refractivity contribution in [2.45, 2.75) is 167 Å². The van der Waals surface area contributed by atoms with Crippen LogP contribution in [-0.4, -0.2) is 86.5 Å². The van der Waals surface area contributed by atoms with Crippen molar-refractivity contribution in [2.75, 3.05) is 47.5 Å². The smallest absolute Gasteiger partial charge is 0.306 e. The zero-order valence-electron chi connectivity index (χ0n) is 37.6. The molecule has 0 aromatic carbocycles. The van der Waals surface area contributed by atoms with Crippen LogP contribution in [0.1, 0.15) is 149 Å². The van der Waals surface area contributed by atoms with E-state index in [2.05, 4.69) is 13.8 Å². The number of hydrogen-bond donors (Lipinski definition) is 2. The maximum Gasteiger partial charge on any atom is 0.306 e. The van der Waals surface area contributed by atoms with E-state index in [-0.39, 0.29) is 26.2 Å². The number of hydrogen-bond acceptors (Lipinski definition) is 9. The molecule has 0 saturated heterocycles. The third-order valence-corrected chi connectivity index (χ3v) is 10.2. The van der Waals surface area contributed by atoms with Gasteiger partial charge in [0.15, 0.2) is 6.10 Å². The van der Waals surface area contributed by atoms with Crippen molar-refractivity contribution in [3.8, 4) is 0 Å². The molecule has 0 spiro atoms. The molecule has 1 unspecified atom stereocenters. The van der Waals surface area contributed by atoms with Gasteiger partial charge in [-0.05, 0) is 51.0 Å². The summed E-state index contributed by atoms with van der Waals surface area (Å²) in [4.78, 5) is 24.8. The first-order valence-electron chi connectivity index (χ1n) is 22.6. The Labute approximate surface area is 360 Å². The molecule has 0 amide bonds. The Morgan fingerprint density at radius 3 is 1.76 bits per heavy atom. The summed E-state index contributed by atoms with van der Waals surface area (Å²) in [6, 6.07) is 0. The number of aliphatic hydroxyl groups is 2. The van der Waals surface area contributed by atoms with Crippen LogP contribution in [0.2, 0.25) is 0 Å². The third-order valence-electron chi connectivity index (χ3n) is 9.23. The average molecular weight is 850 g/mol. The number of phosphoric acid groups is 1. The Kier molecular flexibility index (Phi) is 37.9. The van der Waals surface area contributed by atoms with Crippen LogP contribution in [-0.2, 0) is 27.9 Å². The van der Waals surface area contributed by atoms with Crippen LogP contribution in [0.5, 0.6) is 0 Å². The monoisotopic (exact) mass is 850 g/mol. The number of carbonyl (C=O) groups is 1. The van der Waals surface area contributed by atoms with Gasteiger partial charge in [-0.1, -0.05) is 170 Å². The summed E-state index contributed by atoms with van der Waals surface area (Å²) in [5.74, 6) is -0.422. The van der Waals surface area contributed by atoms with Crippen molar-refractivity contribution >= 4 is 13.8 Å². The van der Waals surface area contributed by atoms with Gasteiger partial charge in [-0.2, -0.15) is 0 Å². The van der Waals surface area contributed by atoms with Gasteiger partial charge >= 0.3 is 5.97 Å². The maximum atomic E-state index is 12.5. The second-order valence-electron chi connectivity index (χ2n) is 16.1. The van der Waals surface area contributed by atoms with Crippen LogP contribution in [0.3, 0.4) is 0 Å². The van der Waals surface area contributed by atoms with Crippen molar-refractivity contribution < 1.29 is 47.5 Å². The lowest BCUT2D eigenvalue weighted by molar-refractivity contribution is -0.870. The molecule has 11 heteroatoms. The van der Waals surface area contributed by atoms with Crippen molar-refractivity contribution in [2.24, 2.45) is 0 Å². The normalized spacial score (nSPS) is 15.5. The SMILES string of the molecule is CC/C=C\C[C@@H](O)/C=C/C=C\C=C\[C@@H](O)C/C=C\C/C=C\CCC(=O)OC[C@H](COP(=O)([O-])OCC[N+](C)(C)C)O/C=C/CCCCCCCCCCCCCCCC. The molecule has 340 valence electrons. The largest absolute Gasteiger partial charge is 0.756 e. The molecule has 0 rings (SSSR count). The minimum Gasteiger partial charge on any atom is -0.756 e. The molecule has 0 aliphatic heterocycles. The molecule has 0 heterocycles. The lowest BCUT2D eigenvalue weighted by Crippen LogP contribution is -2.37. The Morgan fingerprint density at radius 2 is 1.20 bits per heavy atom. The van der Waals surface area contributed by atoms with Crippen LogP contribution in [0.4, 0.5) is 0 Å². The van der Waals surface area contributed by atoms with E-state index in [0.717, 1.165) is 25.7 Å². The van der Waals surface area contributed by atoms with Gasteiger partial charge in [-0.15, -0.1) is 0 Å². The van der Waals surface area contributed by atoms with E-state index in [9.17, 15) is 24.5 Å². The Hall–Kier alpha value is -2.56. The first kappa shape index (κ1) is 56.4. The van der Waals surface area contributed by atoms with Crippen LogP contribution < -0.4 is 4.89 Å². The number of quaternary nitrogens is 1. The van der Waals surface area contributed by atoms with E-state index in [1.807, 2.05) is 75.8 Å². The number of esters is 1. The average Bonchev–Trinajstić information content (AvgIpc) is 3.18. The lowest BCUT2D eigenvalue weighted by Gasteiger charge is -2.28. The summed E-state index contributed by atoms with van der Waals surface area (Å²) in [5, 5.41) is 20.0. The summed E-state index contributed by atoms with van der Waals surface area (Å²) in [6.45, 7) is 4.30. The highest BCUT2D eigenvalue weighted by molar-refractivity contribution is 7.45. The number of rotatable bonds is 40. The summed E-state index contributed by atoms with van der Waals surface area (Å²) < 4.78 is 34.2. The first-order chi connectivity index (χ1) is 28.4. The zero-order chi connectivity index (χ0) is 43.7. The summed E-state index contributed by atoms with van der Waals surface area (Å²) in [7, 11) is 1.25. The fraction of sp³-hybridized carbons (Fsp3) is 0.688. The van der Waals surface area contributed by atoms with Crippen molar-refractivity contribution in [1.29, 1.82) is 0 Å². The molecule has 59 heavy (non-hydrogen) atoms. The Balaban J connectivity index is 4.51.